The standard InChI is InChI=1S/C27H34N6O3/c1-4-31(5-2)14-9-12-25(35)32-15-13-23-22(16-32)17-33-26(23)27(28-19-29-33)30-24(18-36-20(3)34)21-10-7-6-8-11-21/h6-12,17,19,24H,4-5,13-16,18H2,1-3H3,(H,28,29,30). The molecule has 4 rings (SSSR count). The van der Waals surface area contributed by atoms with Crippen molar-refractivity contribution in [2.75, 3.05) is 38.1 Å². The molecule has 1 aromatic carbocycles. The molecule has 0 spiro atoms. The monoisotopic (exact) mass is 490 g/mol. The van der Waals surface area contributed by atoms with E-state index >= 15 is 0 Å². The third kappa shape index (κ3) is 5.91. The molecule has 9 nitrogen and oxygen atoms in total. The quantitative estimate of drug-likeness (QED) is 0.345. The molecule has 3 heterocycles. The van der Waals surface area contributed by atoms with Crippen molar-refractivity contribution in [3.63, 3.8) is 0 Å². The summed E-state index contributed by atoms with van der Waals surface area (Å²) in [6, 6.07) is 9.57. The van der Waals surface area contributed by atoms with Gasteiger partial charge in [0, 0.05) is 38.8 Å². The molecule has 0 saturated carbocycles. The van der Waals surface area contributed by atoms with Gasteiger partial charge in [-0.2, -0.15) is 5.10 Å². The van der Waals surface area contributed by atoms with E-state index in [0.29, 0.717) is 25.3 Å². The van der Waals surface area contributed by atoms with Gasteiger partial charge < -0.3 is 19.9 Å². The Labute approximate surface area is 211 Å². The highest BCUT2D eigenvalue weighted by molar-refractivity contribution is 5.88. The number of hydrogen-bond acceptors (Lipinski definition) is 7. The SMILES string of the molecule is CCN(CC)CC=CC(=O)N1CCc2c(cn3ncnc(NC(COC(C)=O)c4ccccc4)c23)C1. The Morgan fingerprint density at radius 1 is 1.22 bits per heavy atom. The Hall–Kier alpha value is -3.72. The summed E-state index contributed by atoms with van der Waals surface area (Å²) in [6.07, 6.45) is 7.82. The first kappa shape index (κ1) is 25.4. The van der Waals surface area contributed by atoms with Gasteiger partial charge in [0.2, 0.25) is 5.91 Å². The number of amides is 1. The molecule has 1 amide bonds. The fourth-order valence-corrected chi connectivity index (χ4v) is 4.53. The van der Waals surface area contributed by atoms with Crippen LogP contribution in [0.2, 0.25) is 0 Å². The normalized spacial score (nSPS) is 14.3. The van der Waals surface area contributed by atoms with Crippen LogP contribution in [0.3, 0.4) is 0 Å². The number of anilines is 1. The fourth-order valence-electron chi connectivity index (χ4n) is 4.53. The van der Waals surface area contributed by atoms with Crippen molar-refractivity contribution in [1.29, 1.82) is 0 Å². The van der Waals surface area contributed by atoms with Gasteiger partial charge in [-0.1, -0.05) is 50.3 Å². The Morgan fingerprint density at radius 2 is 2.00 bits per heavy atom. The number of nitrogens with zero attached hydrogens (tertiary/aromatic N) is 5. The molecule has 1 unspecified atom stereocenters. The topological polar surface area (TPSA) is 92.1 Å². The van der Waals surface area contributed by atoms with Crippen LogP contribution in [0.5, 0.6) is 0 Å². The second kappa shape index (κ2) is 11.8. The molecule has 0 fully saturated rings. The van der Waals surface area contributed by atoms with E-state index in [2.05, 4.69) is 34.1 Å². The number of likely N-dealkylation sites (N-methyl/N-ethyl adjacent to an activating group) is 1. The second-order valence-electron chi connectivity index (χ2n) is 8.84. The van der Waals surface area contributed by atoms with Crippen LogP contribution in [-0.2, 0) is 27.3 Å². The average Bonchev–Trinajstić information content (AvgIpc) is 3.28. The molecule has 0 saturated heterocycles. The molecule has 3 aromatic rings. The molecule has 190 valence electrons. The highest BCUT2D eigenvalue weighted by Gasteiger charge is 2.25. The first-order valence-corrected chi connectivity index (χ1v) is 12.5. The van der Waals surface area contributed by atoms with Gasteiger partial charge in [-0.15, -0.1) is 0 Å². The molecule has 0 aliphatic carbocycles. The fraction of sp³-hybridized carbons (Fsp3) is 0.407. The lowest BCUT2D eigenvalue weighted by atomic mass is 10.0. The van der Waals surface area contributed by atoms with Crippen LogP contribution in [0.25, 0.3) is 5.52 Å². The number of ether oxygens (including phenoxy) is 1. The summed E-state index contributed by atoms with van der Waals surface area (Å²) in [5.74, 6) is 0.366. The number of rotatable bonds is 10. The van der Waals surface area contributed by atoms with Gasteiger partial charge in [0.1, 0.15) is 18.5 Å². The van der Waals surface area contributed by atoms with Crippen molar-refractivity contribution >= 4 is 23.2 Å². The van der Waals surface area contributed by atoms with E-state index in [-0.39, 0.29) is 24.5 Å². The first-order chi connectivity index (χ1) is 17.5. The largest absolute Gasteiger partial charge is 0.463 e. The van der Waals surface area contributed by atoms with Crippen LogP contribution in [0.1, 0.15) is 43.5 Å². The molecular weight excluding hydrogens is 456 g/mol. The van der Waals surface area contributed by atoms with E-state index in [9.17, 15) is 9.59 Å². The molecule has 0 radical (unpaired) electrons. The summed E-state index contributed by atoms with van der Waals surface area (Å²) in [5.41, 5.74) is 4.07. The maximum Gasteiger partial charge on any atom is 0.302 e. The summed E-state index contributed by atoms with van der Waals surface area (Å²) in [4.78, 5) is 33.0. The van der Waals surface area contributed by atoms with Gasteiger partial charge in [-0.05, 0) is 36.2 Å². The van der Waals surface area contributed by atoms with Crippen LogP contribution in [0.15, 0.2) is 55.0 Å². The number of carbonyl (C=O) groups excluding carboxylic acids is 2. The van der Waals surface area contributed by atoms with Crippen LogP contribution < -0.4 is 5.32 Å². The summed E-state index contributed by atoms with van der Waals surface area (Å²) in [5, 5.41) is 7.88. The third-order valence-electron chi connectivity index (χ3n) is 6.56. The third-order valence-corrected chi connectivity index (χ3v) is 6.56. The predicted molar refractivity (Wildman–Crippen MR) is 138 cm³/mol. The number of esters is 1. The van der Waals surface area contributed by atoms with E-state index in [4.69, 9.17) is 4.74 Å². The summed E-state index contributed by atoms with van der Waals surface area (Å²) < 4.78 is 7.15. The van der Waals surface area contributed by atoms with Crippen molar-refractivity contribution in [3.8, 4) is 0 Å². The van der Waals surface area contributed by atoms with E-state index in [1.54, 1.807) is 6.08 Å². The van der Waals surface area contributed by atoms with Gasteiger partial charge in [0.15, 0.2) is 5.82 Å². The van der Waals surface area contributed by atoms with Crippen molar-refractivity contribution in [3.05, 3.63) is 71.7 Å². The number of aromatic nitrogens is 3. The molecular formula is C27H34N6O3. The van der Waals surface area contributed by atoms with Crippen molar-refractivity contribution in [1.82, 2.24) is 24.4 Å². The van der Waals surface area contributed by atoms with Gasteiger partial charge in [0.25, 0.3) is 0 Å². The number of benzene rings is 1. The zero-order valence-corrected chi connectivity index (χ0v) is 21.2. The van der Waals surface area contributed by atoms with Crippen LogP contribution >= 0.6 is 0 Å². The predicted octanol–water partition coefficient (Wildman–Crippen LogP) is 3.23. The molecule has 1 aliphatic rings. The molecule has 1 aliphatic heterocycles. The summed E-state index contributed by atoms with van der Waals surface area (Å²) in [7, 11) is 0. The number of fused-ring (bicyclic) bond motifs is 3. The molecule has 2 aromatic heterocycles. The maximum absolute atomic E-state index is 12.8. The molecule has 0 bridgehead atoms. The Kier molecular flexibility index (Phi) is 8.32. The lowest BCUT2D eigenvalue weighted by Crippen LogP contribution is -2.34. The van der Waals surface area contributed by atoms with Crippen molar-refractivity contribution in [2.24, 2.45) is 0 Å². The maximum atomic E-state index is 12.8. The Balaban J connectivity index is 1.54. The van der Waals surface area contributed by atoms with E-state index in [1.807, 2.05) is 52.0 Å². The van der Waals surface area contributed by atoms with Gasteiger partial charge in [0.05, 0.1) is 6.04 Å². The number of hydrogen-bond donors (Lipinski definition) is 1. The molecule has 1 N–H and O–H groups in total. The van der Waals surface area contributed by atoms with E-state index < -0.39 is 0 Å². The highest BCUT2D eigenvalue weighted by atomic mass is 16.5. The summed E-state index contributed by atoms with van der Waals surface area (Å²) in [6.45, 7) is 9.68. The molecule has 1 atom stereocenters. The van der Waals surface area contributed by atoms with Crippen LogP contribution in [-0.4, -0.2) is 69.1 Å². The first-order valence-electron chi connectivity index (χ1n) is 12.5. The van der Waals surface area contributed by atoms with Gasteiger partial charge in [-0.3, -0.25) is 9.59 Å². The van der Waals surface area contributed by atoms with Crippen molar-refractivity contribution in [2.45, 2.75) is 39.8 Å². The van der Waals surface area contributed by atoms with Gasteiger partial charge >= 0.3 is 5.97 Å². The smallest absolute Gasteiger partial charge is 0.302 e. The number of carbonyl (C=O) groups is 2. The summed E-state index contributed by atoms with van der Waals surface area (Å²) >= 11 is 0. The zero-order valence-electron chi connectivity index (χ0n) is 21.2. The lowest BCUT2D eigenvalue weighted by Gasteiger charge is -2.26. The molecule has 36 heavy (non-hydrogen) atoms. The average molecular weight is 491 g/mol. The van der Waals surface area contributed by atoms with Crippen LogP contribution in [0.4, 0.5) is 5.82 Å². The zero-order chi connectivity index (χ0) is 25.5. The highest BCUT2D eigenvalue weighted by Crippen LogP contribution is 2.30. The van der Waals surface area contributed by atoms with Gasteiger partial charge in [-0.25, -0.2) is 9.50 Å². The second-order valence-corrected chi connectivity index (χ2v) is 8.84. The van der Waals surface area contributed by atoms with Crippen LogP contribution in [0, 0.1) is 0 Å². The minimum absolute atomic E-state index is 0.0259. The Bertz CT molecular complexity index is 1220. The number of nitrogens with one attached hydrogen (secondary N) is 1. The lowest BCUT2D eigenvalue weighted by molar-refractivity contribution is -0.141. The van der Waals surface area contributed by atoms with E-state index in [0.717, 1.165) is 41.8 Å². The minimum atomic E-state index is -0.332. The Morgan fingerprint density at radius 3 is 2.72 bits per heavy atom. The molecule has 9 heteroatoms. The van der Waals surface area contributed by atoms with E-state index in [1.165, 1.54) is 13.3 Å². The van der Waals surface area contributed by atoms with Crippen molar-refractivity contribution < 1.29 is 14.3 Å². The minimum Gasteiger partial charge on any atom is -0.463 e.